The molecular formula is C22H27F3N2O2. The van der Waals surface area contributed by atoms with Gasteiger partial charge in [0.25, 0.3) is 0 Å². The SMILES string of the molecule is CCCCCCCOc1c(C(N2CCC(=O)N2)C(F)(F)F)ccc2ccccc12. The predicted octanol–water partition coefficient (Wildman–Crippen LogP) is 5.53. The first-order chi connectivity index (χ1) is 13.9. The number of hydrazine groups is 1. The van der Waals surface area contributed by atoms with Crippen molar-refractivity contribution in [3.8, 4) is 5.75 Å². The number of fused-ring (bicyclic) bond motifs is 1. The highest BCUT2D eigenvalue weighted by Crippen LogP contribution is 2.44. The van der Waals surface area contributed by atoms with Crippen LogP contribution < -0.4 is 10.2 Å². The normalized spacial score (nSPS) is 16.2. The maximum absolute atomic E-state index is 14.0. The molecule has 1 atom stereocenters. The first-order valence-corrected chi connectivity index (χ1v) is 10.2. The highest BCUT2D eigenvalue weighted by atomic mass is 19.4. The minimum Gasteiger partial charge on any atom is -0.493 e. The smallest absolute Gasteiger partial charge is 0.410 e. The molecule has 0 aromatic heterocycles. The third-order valence-electron chi connectivity index (χ3n) is 5.17. The van der Waals surface area contributed by atoms with Gasteiger partial charge in [0.2, 0.25) is 5.91 Å². The maximum atomic E-state index is 14.0. The Labute approximate surface area is 169 Å². The molecule has 3 rings (SSSR count). The molecule has 0 radical (unpaired) electrons. The number of benzene rings is 2. The summed E-state index contributed by atoms with van der Waals surface area (Å²) in [6.07, 6.45) is 0.631. The van der Waals surface area contributed by atoms with E-state index in [1.54, 1.807) is 18.2 Å². The number of amides is 1. The van der Waals surface area contributed by atoms with Gasteiger partial charge in [-0.25, -0.2) is 5.01 Å². The van der Waals surface area contributed by atoms with Crippen molar-refractivity contribution in [1.29, 1.82) is 0 Å². The first kappa shape index (κ1) is 21.4. The average molecular weight is 408 g/mol. The highest BCUT2D eigenvalue weighted by molar-refractivity contribution is 5.90. The lowest BCUT2D eigenvalue weighted by Crippen LogP contribution is -2.43. The number of rotatable bonds is 9. The summed E-state index contributed by atoms with van der Waals surface area (Å²) >= 11 is 0. The number of alkyl halides is 3. The van der Waals surface area contributed by atoms with Crippen LogP contribution >= 0.6 is 0 Å². The number of carbonyl (C=O) groups excluding carboxylic acids is 1. The summed E-state index contributed by atoms with van der Waals surface area (Å²) in [6, 6.07) is 8.47. The van der Waals surface area contributed by atoms with Gasteiger partial charge in [-0.05, 0) is 11.8 Å². The number of halogens is 3. The monoisotopic (exact) mass is 408 g/mol. The molecule has 1 aliphatic rings. The summed E-state index contributed by atoms with van der Waals surface area (Å²) in [5.74, 6) is -0.152. The predicted molar refractivity (Wildman–Crippen MR) is 106 cm³/mol. The van der Waals surface area contributed by atoms with E-state index >= 15 is 0 Å². The molecule has 1 N–H and O–H groups in total. The quantitative estimate of drug-likeness (QED) is 0.555. The standard InChI is InChI=1S/C22H27F3N2O2/c1-2-3-4-5-8-15-29-20-17-10-7-6-9-16(17)11-12-18(20)21(22(23,24)25)27-14-13-19(28)26-27/h6-7,9-12,21H,2-5,8,13-15H2,1H3,(H,26,28). The molecule has 158 valence electrons. The molecular weight excluding hydrogens is 381 g/mol. The van der Waals surface area contributed by atoms with Gasteiger partial charge in [-0.15, -0.1) is 0 Å². The molecule has 1 amide bonds. The second kappa shape index (κ2) is 9.48. The third-order valence-corrected chi connectivity index (χ3v) is 5.17. The van der Waals surface area contributed by atoms with Crippen molar-refractivity contribution >= 4 is 16.7 Å². The van der Waals surface area contributed by atoms with Gasteiger partial charge in [0.15, 0.2) is 6.04 Å². The van der Waals surface area contributed by atoms with Crippen molar-refractivity contribution in [2.24, 2.45) is 0 Å². The van der Waals surface area contributed by atoms with Gasteiger partial charge >= 0.3 is 6.18 Å². The second-order valence-corrected chi connectivity index (χ2v) is 7.39. The molecule has 2 aromatic rings. The van der Waals surface area contributed by atoms with Crippen LogP contribution in [-0.2, 0) is 4.79 Å². The summed E-state index contributed by atoms with van der Waals surface area (Å²) < 4.78 is 48.1. The second-order valence-electron chi connectivity index (χ2n) is 7.39. The topological polar surface area (TPSA) is 41.6 Å². The summed E-state index contributed by atoms with van der Waals surface area (Å²) in [6.45, 7) is 2.50. The van der Waals surface area contributed by atoms with Gasteiger partial charge in [-0.1, -0.05) is 69.0 Å². The zero-order valence-electron chi connectivity index (χ0n) is 16.6. The summed E-state index contributed by atoms with van der Waals surface area (Å²) in [4.78, 5) is 11.6. The van der Waals surface area contributed by atoms with E-state index in [0.717, 1.165) is 42.5 Å². The molecule has 7 heteroatoms. The van der Waals surface area contributed by atoms with Crippen molar-refractivity contribution < 1.29 is 22.7 Å². The van der Waals surface area contributed by atoms with Gasteiger partial charge in [0.05, 0.1) is 6.61 Å². The van der Waals surface area contributed by atoms with Crippen molar-refractivity contribution in [3.05, 3.63) is 42.0 Å². The Hall–Kier alpha value is -2.28. The van der Waals surface area contributed by atoms with Crippen LogP contribution in [0.2, 0.25) is 0 Å². The largest absolute Gasteiger partial charge is 0.493 e. The Morgan fingerprint density at radius 2 is 1.86 bits per heavy atom. The van der Waals surface area contributed by atoms with E-state index < -0.39 is 18.1 Å². The van der Waals surface area contributed by atoms with Crippen LogP contribution in [0.25, 0.3) is 10.8 Å². The van der Waals surface area contributed by atoms with E-state index in [1.807, 2.05) is 12.1 Å². The van der Waals surface area contributed by atoms with Crippen molar-refractivity contribution in [2.75, 3.05) is 13.2 Å². The number of hydrogen-bond acceptors (Lipinski definition) is 3. The Morgan fingerprint density at radius 3 is 2.55 bits per heavy atom. The maximum Gasteiger partial charge on any atom is 0.410 e. The first-order valence-electron chi connectivity index (χ1n) is 10.2. The molecule has 4 nitrogen and oxygen atoms in total. The summed E-state index contributed by atoms with van der Waals surface area (Å²) in [7, 11) is 0. The molecule has 2 aromatic carbocycles. The molecule has 1 saturated heterocycles. The molecule has 0 bridgehead atoms. The van der Waals surface area contributed by atoms with E-state index in [4.69, 9.17) is 4.74 Å². The molecule has 0 saturated carbocycles. The van der Waals surface area contributed by atoms with Crippen LogP contribution in [0.3, 0.4) is 0 Å². The fraction of sp³-hybridized carbons (Fsp3) is 0.500. The van der Waals surface area contributed by atoms with Crippen LogP contribution in [0.1, 0.15) is 57.1 Å². The summed E-state index contributed by atoms with van der Waals surface area (Å²) in [5, 5.41) is 2.45. The molecule has 0 spiro atoms. The molecule has 1 fully saturated rings. The number of unbranched alkanes of at least 4 members (excludes halogenated alkanes) is 4. The van der Waals surface area contributed by atoms with Gasteiger partial charge in [-0.3, -0.25) is 10.2 Å². The molecule has 1 aliphatic heterocycles. The Bertz CT molecular complexity index is 838. The number of ether oxygens (including phenoxy) is 1. The van der Waals surface area contributed by atoms with E-state index in [-0.39, 0.29) is 24.3 Å². The Morgan fingerprint density at radius 1 is 1.10 bits per heavy atom. The van der Waals surface area contributed by atoms with E-state index in [1.165, 1.54) is 6.07 Å². The van der Waals surface area contributed by atoms with Crippen molar-refractivity contribution in [3.63, 3.8) is 0 Å². The zero-order chi connectivity index (χ0) is 20.9. The molecule has 29 heavy (non-hydrogen) atoms. The number of nitrogens with one attached hydrogen (secondary N) is 1. The van der Waals surface area contributed by atoms with Crippen molar-refractivity contribution in [1.82, 2.24) is 10.4 Å². The number of hydrogen-bond donors (Lipinski definition) is 1. The van der Waals surface area contributed by atoms with Crippen LogP contribution in [0.15, 0.2) is 36.4 Å². The number of carbonyl (C=O) groups is 1. The average Bonchev–Trinajstić information content (AvgIpc) is 3.10. The third kappa shape index (κ3) is 5.21. The number of nitrogens with zero attached hydrogens (tertiary/aromatic N) is 1. The Balaban J connectivity index is 1.93. The summed E-state index contributed by atoms with van der Waals surface area (Å²) in [5.41, 5.74) is 2.38. The van der Waals surface area contributed by atoms with Crippen LogP contribution in [-0.4, -0.2) is 30.2 Å². The minimum absolute atomic E-state index is 0.00624. The lowest BCUT2D eigenvalue weighted by atomic mass is 9.99. The fourth-order valence-corrected chi connectivity index (χ4v) is 3.72. The van der Waals surface area contributed by atoms with Crippen LogP contribution in [0.4, 0.5) is 13.2 Å². The van der Waals surface area contributed by atoms with Gasteiger partial charge < -0.3 is 4.74 Å². The van der Waals surface area contributed by atoms with E-state index in [0.29, 0.717) is 12.0 Å². The van der Waals surface area contributed by atoms with Gasteiger partial charge in [-0.2, -0.15) is 13.2 Å². The van der Waals surface area contributed by atoms with Gasteiger partial charge in [0, 0.05) is 23.9 Å². The molecule has 1 heterocycles. The highest BCUT2D eigenvalue weighted by Gasteiger charge is 2.48. The molecule has 0 aliphatic carbocycles. The fourth-order valence-electron chi connectivity index (χ4n) is 3.72. The van der Waals surface area contributed by atoms with E-state index in [9.17, 15) is 18.0 Å². The van der Waals surface area contributed by atoms with E-state index in [2.05, 4.69) is 12.3 Å². The van der Waals surface area contributed by atoms with Crippen LogP contribution in [0, 0.1) is 0 Å². The Kier molecular flexibility index (Phi) is 7.00. The van der Waals surface area contributed by atoms with Crippen LogP contribution in [0.5, 0.6) is 5.75 Å². The minimum atomic E-state index is -4.56. The zero-order valence-corrected chi connectivity index (χ0v) is 16.6. The lowest BCUT2D eigenvalue weighted by molar-refractivity contribution is -0.191. The van der Waals surface area contributed by atoms with Gasteiger partial charge in [0.1, 0.15) is 5.75 Å². The van der Waals surface area contributed by atoms with Crippen molar-refractivity contribution in [2.45, 2.75) is 57.7 Å². The lowest BCUT2D eigenvalue weighted by Gasteiger charge is -2.31. The molecule has 1 unspecified atom stereocenters.